The molecule has 0 fully saturated rings. The van der Waals surface area contributed by atoms with Gasteiger partial charge >= 0.3 is 0 Å². The molecule has 75 valence electrons. The average molecular weight is 197 g/mol. The minimum Gasteiger partial charge on any atom is -0.264 e. The van der Waals surface area contributed by atoms with Gasteiger partial charge in [0.05, 0.1) is 5.69 Å². The number of hydrogen-bond acceptors (Lipinski definition) is 2. The Labute approximate surface area is 90.0 Å². The number of pyridine rings is 2. The largest absolute Gasteiger partial charge is 0.264 e. The third kappa shape index (κ3) is 2.04. The molecule has 1 radical (unpaired) electrons. The van der Waals surface area contributed by atoms with E-state index in [1.165, 1.54) is 5.56 Å². The minimum absolute atomic E-state index is 0.966. The van der Waals surface area contributed by atoms with Crippen LogP contribution in [0.5, 0.6) is 0 Å². The molecule has 0 aliphatic carbocycles. The van der Waals surface area contributed by atoms with Crippen molar-refractivity contribution in [1.29, 1.82) is 0 Å². The molecule has 0 aliphatic rings. The van der Waals surface area contributed by atoms with Crippen molar-refractivity contribution in [3.63, 3.8) is 0 Å². The van der Waals surface area contributed by atoms with Crippen molar-refractivity contribution in [3.05, 3.63) is 47.9 Å². The number of hydrogen-bond donors (Lipinski definition) is 0. The molecule has 2 aromatic rings. The Morgan fingerprint density at radius 1 is 1.33 bits per heavy atom. The second-order valence-corrected chi connectivity index (χ2v) is 3.55. The van der Waals surface area contributed by atoms with E-state index in [9.17, 15) is 0 Å². The monoisotopic (exact) mass is 197 g/mol. The van der Waals surface area contributed by atoms with Gasteiger partial charge in [-0.05, 0) is 36.6 Å². The number of aromatic nitrogens is 2. The van der Waals surface area contributed by atoms with E-state index in [1.807, 2.05) is 25.4 Å². The summed E-state index contributed by atoms with van der Waals surface area (Å²) in [5.41, 5.74) is 4.47. The van der Waals surface area contributed by atoms with Gasteiger partial charge in [0.1, 0.15) is 0 Å². The fourth-order valence-corrected chi connectivity index (χ4v) is 1.60. The van der Waals surface area contributed by atoms with Gasteiger partial charge in [0, 0.05) is 30.2 Å². The molecule has 0 aromatic carbocycles. The average Bonchev–Trinajstić information content (AvgIpc) is 2.29. The highest BCUT2D eigenvalue weighted by molar-refractivity contribution is 5.62. The van der Waals surface area contributed by atoms with Gasteiger partial charge in [0.15, 0.2) is 0 Å². The summed E-state index contributed by atoms with van der Waals surface area (Å²) in [5.74, 6) is 0. The normalized spacial score (nSPS) is 10.3. The molecule has 2 nitrogen and oxygen atoms in total. The Bertz CT molecular complexity index is 464. The topological polar surface area (TPSA) is 25.8 Å². The third-order valence-corrected chi connectivity index (χ3v) is 2.36. The minimum atomic E-state index is 0.966. The van der Waals surface area contributed by atoms with Crippen LogP contribution in [0.1, 0.15) is 18.1 Å². The molecule has 0 unspecified atom stereocenters. The predicted octanol–water partition coefficient (Wildman–Crippen LogP) is 2.81. The molecule has 2 rings (SSSR count). The summed E-state index contributed by atoms with van der Waals surface area (Å²) < 4.78 is 0. The SMILES string of the molecule is CCc1c[c]cnc1-c1cncc(C)c1. The number of aryl methyl sites for hydroxylation is 2. The lowest BCUT2D eigenvalue weighted by molar-refractivity contribution is 1.10. The molecule has 0 saturated heterocycles. The van der Waals surface area contributed by atoms with Gasteiger partial charge < -0.3 is 0 Å². The van der Waals surface area contributed by atoms with E-state index in [0.717, 1.165) is 23.2 Å². The molecule has 0 spiro atoms. The smallest absolute Gasteiger partial charge is 0.0749 e. The highest BCUT2D eigenvalue weighted by atomic mass is 14.7. The zero-order chi connectivity index (χ0) is 10.7. The van der Waals surface area contributed by atoms with Crippen LogP contribution in [-0.4, -0.2) is 9.97 Å². The summed E-state index contributed by atoms with van der Waals surface area (Å²) in [6.07, 6.45) is 6.38. The molecular formula is C13H13N2. The van der Waals surface area contributed by atoms with Crippen molar-refractivity contribution in [1.82, 2.24) is 9.97 Å². The Morgan fingerprint density at radius 2 is 2.20 bits per heavy atom. The van der Waals surface area contributed by atoms with Gasteiger partial charge in [-0.15, -0.1) is 0 Å². The van der Waals surface area contributed by atoms with E-state index in [0.29, 0.717) is 0 Å². The first-order chi connectivity index (χ1) is 7.31. The Balaban J connectivity index is 2.53. The molecule has 15 heavy (non-hydrogen) atoms. The first-order valence-corrected chi connectivity index (χ1v) is 5.08. The van der Waals surface area contributed by atoms with Gasteiger partial charge in [-0.3, -0.25) is 9.97 Å². The molecule has 0 amide bonds. The summed E-state index contributed by atoms with van der Waals surface area (Å²) in [7, 11) is 0. The van der Waals surface area contributed by atoms with Gasteiger partial charge in [-0.2, -0.15) is 0 Å². The first kappa shape index (κ1) is 9.84. The summed E-state index contributed by atoms with van der Waals surface area (Å²) >= 11 is 0. The Morgan fingerprint density at radius 3 is 2.93 bits per heavy atom. The fourth-order valence-electron chi connectivity index (χ4n) is 1.60. The lowest BCUT2D eigenvalue weighted by atomic mass is 10.0. The highest BCUT2D eigenvalue weighted by Crippen LogP contribution is 2.20. The molecule has 2 aromatic heterocycles. The zero-order valence-electron chi connectivity index (χ0n) is 8.99. The molecule has 0 aliphatic heterocycles. The number of nitrogens with zero attached hydrogens (tertiary/aromatic N) is 2. The van der Waals surface area contributed by atoms with Crippen LogP contribution in [0.15, 0.2) is 30.7 Å². The Hall–Kier alpha value is -1.70. The van der Waals surface area contributed by atoms with E-state index in [-0.39, 0.29) is 0 Å². The maximum atomic E-state index is 4.37. The van der Waals surface area contributed by atoms with Crippen molar-refractivity contribution >= 4 is 0 Å². The van der Waals surface area contributed by atoms with Crippen LogP contribution in [0.3, 0.4) is 0 Å². The second kappa shape index (κ2) is 4.22. The molecule has 2 heteroatoms. The van der Waals surface area contributed by atoms with Crippen molar-refractivity contribution in [2.75, 3.05) is 0 Å². The predicted molar refractivity (Wildman–Crippen MR) is 60.4 cm³/mol. The van der Waals surface area contributed by atoms with Crippen LogP contribution in [-0.2, 0) is 6.42 Å². The van der Waals surface area contributed by atoms with Crippen LogP contribution in [0.2, 0.25) is 0 Å². The van der Waals surface area contributed by atoms with Crippen molar-refractivity contribution in [3.8, 4) is 11.3 Å². The van der Waals surface area contributed by atoms with Crippen molar-refractivity contribution in [2.45, 2.75) is 20.3 Å². The van der Waals surface area contributed by atoms with Crippen LogP contribution < -0.4 is 0 Å². The van der Waals surface area contributed by atoms with Gasteiger partial charge in [-0.1, -0.05) is 6.92 Å². The summed E-state index contributed by atoms with van der Waals surface area (Å²) in [6.45, 7) is 4.16. The Kier molecular flexibility index (Phi) is 2.77. The standard InChI is InChI=1S/C13H13N2/c1-3-11-5-4-6-15-13(11)12-7-10(2)8-14-9-12/h5-9H,3H2,1-2H3. The van der Waals surface area contributed by atoms with Gasteiger partial charge in [-0.25, -0.2) is 0 Å². The van der Waals surface area contributed by atoms with E-state index >= 15 is 0 Å². The van der Waals surface area contributed by atoms with Crippen molar-refractivity contribution in [2.24, 2.45) is 0 Å². The van der Waals surface area contributed by atoms with Crippen molar-refractivity contribution < 1.29 is 0 Å². The molecular weight excluding hydrogens is 184 g/mol. The zero-order valence-corrected chi connectivity index (χ0v) is 8.99. The molecule has 0 atom stereocenters. The quantitative estimate of drug-likeness (QED) is 0.739. The maximum Gasteiger partial charge on any atom is 0.0749 e. The van der Waals surface area contributed by atoms with Crippen LogP contribution in [0, 0.1) is 13.0 Å². The molecule has 2 heterocycles. The highest BCUT2D eigenvalue weighted by Gasteiger charge is 2.04. The van der Waals surface area contributed by atoms with E-state index in [2.05, 4.69) is 29.0 Å². The van der Waals surface area contributed by atoms with Gasteiger partial charge in [0.2, 0.25) is 0 Å². The maximum absolute atomic E-state index is 4.37. The summed E-state index contributed by atoms with van der Waals surface area (Å²) in [4.78, 5) is 8.55. The first-order valence-electron chi connectivity index (χ1n) is 5.08. The van der Waals surface area contributed by atoms with E-state index < -0.39 is 0 Å². The third-order valence-electron chi connectivity index (χ3n) is 2.36. The second-order valence-electron chi connectivity index (χ2n) is 3.55. The van der Waals surface area contributed by atoms with E-state index in [4.69, 9.17) is 0 Å². The van der Waals surface area contributed by atoms with Crippen LogP contribution >= 0.6 is 0 Å². The molecule has 0 N–H and O–H groups in total. The molecule has 0 saturated carbocycles. The summed E-state index contributed by atoms with van der Waals surface area (Å²) in [6, 6.07) is 7.10. The fraction of sp³-hybridized carbons (Fsp3) is 0.231. The van der Waals surface area contributed by atoms with Gasteiger partial charge in [0.25, 0.3) is 0 Å². The number of rotatable bonds is 2. The lowest BCUT2D eigenvalue weighted by Gasteiger charge is -2.06. The molecule has 0 bridgehead atoms. The van der Waals surface area contributed by atoms with Crippen LogP contribution in [0.4, 0.5) is 0 Å². The summed E-state index contributed by atoms with van der Waals surface area (Å²) in [5, 5.41) is 0. The lowest BCUT2D eigenvalue weighted by Crippen LogP contribution is -1.92. The van der Waals surface area contributed by atoms with Crippen LogP contribution in [0.25, 0.3) is 11.3 Å². The van der Waals surface area contributed by atoms with E-state index in [1.54, 1.807) is 6.20 Å².